The monoisotopic (exact) mass is 507 g/mol. The number of carbonyl (C=O) groups excluding carboxylic acids is 4. The minimum absolute atomic E-state index is 0.412. The highest BCUT2D eigenvalue weighted by atomic mass is 35.6. The second-order valence-corrected chi connectivity index (χ2v) is 8.34. The SMILES string of the molecule is CC(=O)OCC(O[C@H](OC(=N)C(Cl)(Cl)Cl)[C@@H](COC(C)=O)OC(C)=O)[C@H](C)OC(C)=O. The van der Waals surface area contributed by atoms with E-state index in [9.17, 15) is 19.2 Å². The standard InChI is InChI=1S/C17H24Cl3NO10/c1-8(28-11(4)24)13(6-26-9(2)22)30-15(31-16(21)17(18,19)20)14(29-12(5)25)7-27-10(3)23/h8,13-15,21H,6-7H2,1-5H3/t8-,13?,14+,15+/m0/s1. The van der Waals surface area contributed by atoms with Crippen LogP contribution in [0, 0.1) is 5.41 Å². The molecule has 0 amide bonds. The van der Waals surface area contributed by atoms with Gasteiger partial charge in [0.05, 0.1) is 0 Å². The number of hydrogen-bond acceptors (Lipinski definition) is 11. The van der Waals surface area contributed by atoms with Crippen LogP contribution in [-0.2, 0) is 47.6 Å². The van der Waals surface area contributed by atoms with Crippen LogP contribution >= 0.6 is 34.8 Å². The summed E-state index contributed by atoms with van der Waals surface area (Å²) in [5.41, 5.74) is 0. The van der Waals surface area contributed by atoms with Gasteiger partial charge in [0.1, 0.15) is 25.4 Å². The quantitative estimate of drug-likeness (QED) is 0.110. The Morgan fingerprint density at radius 2 is 1.23 bits per heavy atom. The summed E-state index contributed by atoms with van der Waals surface area (Å²) in [6.07, 6.45) is -5.28. The maximum Gasteiger partial charge on any atom is 0.303 e. The summed E-state index contributed by atoms with van der Waals surface area (Å²) in [6.45, 7) is 4.93. The first-order chi connectivity index (χ1) is 14.1. The lowest BCUT2D eigenvalue weighted by molar-refractivity contribution is -0.229. The van der Waals surface area contributed by atoms with Crippen molar-refractivity contribution in [3.63, 3.8) is 0 Å². The molecule has 0 fully saturated rings. The molecule has 0 spiro atoms. The van der Waals surface area contributed by atoms with E-state index in [1.165, 1.54) is 6.92 Å². The van der Waals surface area contributed by atoms with Gasteiger partial charge in [-0.15, -0.1) is 0 Å². The second-order valence-electron chi connectivity index (χ2n) is 6.06. The predicted octanol–water partition coefficient (Wildman–Crippen LogP) is 2.07. The number of halogens is 3. The van der Waals surface area contributed by atoms with Crippen LogP contribution in [0.4, 0.5) is 0 Å². The summed E-state index contributed by atoms with van der Waals surface area (Å²) < 4.78 is 28.4. The van der Waals surface area contributed by atoms with Crippen LogP contribution in [0.25, 0.3) is 0 Å². The van der Waals surface area contributed by atoms with Crippen molar-refractivity contribution in [3.05, 3.63) is 0 Å². The molecule has 178 valence electrons. The summed E-state index contributed by atoms with van der Waals surface area (Å²) in [6, 6.07) is 0. The minimum atomic E-state index is -2.31. The lowest BCUT2D eigenvalue weighted by Crippen LogP contribution is -2.47. The number of rotatable bonds is 11. The van der Waals surface area contributed by atoms with Gasteiger partial charge >= 0.3 is 23.9 Å². The molecule has 0 aromatic rings. The van der Waals surface area contributed by atoms with E-state index in [0.29, 0.717) is 0 Å². The van der Waals surface area contributed by atoms with Gasteiger partial charge in [0.25, 0.3) is 3.79 Å². The van der Waals surface area contributed by atoms with Gasteiger partial charge < -0.3 is 28.4 Å². The maximum atomic E-state index is 11.5. The van der Waals surface area contributed by atoms with Gasteiger partial charge in [-0.3, -0.25) is 24.6 Å². The first kappa shape index (κ1) is 29.2. The molecule has 11 nitrogen and oxygen atoms in total. The summed E-state index contributed by atoms with van der Waals surface area (Å²) in [4.78, 5) is 45.3. The van der Waals surface area contributed by atoms with Gasteiger partial charge in [-0.1, -0.05) is 34.8 Å². The fraction of sp³-hybridized carbons (Fsp3) is 0.706. The van der Waals surface area contributed by atoms with E-state index >= 15 is 0 Å². The van der Waals surface area contributed by atoms with Crippen LogP contribution in [0.1, 0.15) is 34.6 Å². The van der Waals surface area contributed by atoms with Crippen molar-refractivity contribution < 1.29 is 47.6 Å². The molecule has 0 aliphatic carbocycles. The van der Waals surface area contributed by atoms with Crippen molar-refractivity contribution in [2.24, 2.45) is 0 Å². The molecule has 0 radical (unpaired) electrons. The summed E-state index contributed by atoms with van der Waals surface area (Å²) in [5, 5.41) is 7.78. The first-order valence-corrected chi connectivity index (χ1v) is 9.85. The summed E-state index contributed by atoms with van der Waals surface area (Å²) >= 11 is 16.9. The van der Waals surface area contributed by atoms with Crippen LogP contribution < -0.4 is 0 Å². The van der Waals surface area contributed by atoms with Crippen LogP contribution in [0.5, 0.6) is 0 Å². The van der Waals surface area contributed by atoms with Crippen molar-refractivity contribution in [1.82, 2.24) is 0 Å². The van der Waals surface area contributed by atoms with E-state index in [1.54, 1.807) is 0 Å². The van der Waals surface area contributed by atoms with Crippen molar-refractivity contribution >= 4 is 64.6 Å². The normalized spacial score (nSPS) is 15.0. The van der Waals surface area contributed by atoms with Gasteiger partial charge in [0.15, 0.2) is 6.10 Å². The average molecular weight is 509 g/mol. The molecule has 0 saturated heterocycles. The molecule has 0 saturated carbocycles. The summed E-state index contributed by atoms with van der Waals surface area (Å²) in [5.74, 6) is -3.75. The molecule has 0 bridgehead atoms. The molecule has 0 heterocycles. The van der Waals surface area contributed by atoms with Crippen molar-refractivity contribution in [1.29, 1.82) is 5.41 Å². The lowest BCUT2D eigenvalue weighted by atomic mass is 10.2. The Labute approximate surface area is 194 Å². The Kier molecular flexibility index (Phi) is 12.8. The van der Waals surface area contributed by atoms with Crippen LogP contribution in [0.3, 0.4) is 0 Å². The number of alkyl halides is 3. The third kappa shape index (κ3) is 13.2. The average Bonchev–Trinajstić information content (AvgIpc) is 2.58. The minimum Gasteiger partial charge on any atom is -0.463 e. The first-order valence-electron chi connectivity index (χ1n) is 8.72. The second kappa shape index (κ2) is 13.6. The molecule has 1 N–H and O–H groups in total. The summed E-state index contributed by atoms with van der Waals surface area (Å²) in [7, 11) is 0. The Bertz CT molecular complexity index is 667. The van der Waals surface area contributed by atoms with E-state index in [0.717, 1.165) is 27.7 Å². The lowest BCUT2D eigenvalue weighted by Gasteiger charge is -2.32. The fourth-order valence-electron chi connectivity index (χ4n) is 1.95. The molecule has 0 aliphatic rings. The third-order valence-corrected chi connectivity index (χ3v) is 3.71. The number of hydrogen-bond donors (Lipinski definition) is 1. The van der Waals surface area contributed by atoms with Gasteiger partial charge in [0.2, 0.25) is 12.2 Å². The zero-order valence-corrected chi connectivity index (χ0v) is 19.7. The van der Waals surface area contributed by atoms with Gasteiger partial charge in [-0.25, -0.2) is 0 Å². The predicted molar refractivity (Wildman–Crippen MR) is 108 cm³/mol. The zero-order chi connectivity index (χ0) is 24.4. The topological polar surface area (TPSA) is 148 Å². The molecule has 0 rings (SSSR count). The third-order valence-electron chi connectivity index (χ3n) is 3.20. The van der Waals surface area contributed by atoms with Crippen molar-refractivity contribution in [2.45, 2.75) is 63.0 Å². The fourth-order valence-corrected chi connectivity index (χ4v) is 2.08. The molecule has 4 atom stereocenters. The van der Waals surface area contributed by atoms with Crippen LogP contribution in [0.15, 0.2) is 0 Å². The highest BCUT2D eigenvalue weighted by molar-refractivity contribution is 6.76. The van der Waals surface area contributed by atoms with E-state index in [-0.39, 0.29) is 0 Å². The zero-order valence-electron chi connectivity index (χ0n) is 17.4. The van der Waals surface area contributed by atoms with Gasteiger partial charge in [-0.05, 0) is 6.92 Å². The number of carbonyl (C=O) groups is 4. The molecule has 1 unspecified atom stereocenters. The van der Waals surface area contributed by atoms with E-state index in [4.69, 9.17) is 68.6 Å². The number of ether oxygens (including phenoxy) is 6. The largest absolute Gasteiger partial charge is 0.463 e. The molecular formula is C17H24Cl3NO10. The molecule has 14 heteroatoms. The van der Waals surface area contributed by atoms with E-state index in [2.05, 4.69) is 0 Å². The number of nitrogens with one attached hydrogen (secondary N) is 1. The Hall–Kier alpha value is -1.82. The van der Waals surface area contributed by atoms with Crippen molar-refractivity contribution in [2.75, 3.05) is 13.2 Å². The highest BCUT2D eigenvalue weighted by Crippen LogP contribution is 2.29. The molecule has 0 aliphatic heterocycles. The molecular weight excluding hydrogens is 485 g/mol. The number of esters is 4. The van der Waals surface area contributed by atoms with Gasteiger partial charge in [0, 0.05) is 27.7 Å². The van der Waals surface area contributed by atoms with E-state index in [1.807, 2.05) is 0 Å². The van der Waals surface area contributed by atoms with Gasteiger partial charge in [-0.2, -0.15) is 0 Å². The van der Waals surface area contributed by atoms with Crippen LogP contribution in [0.2, 0.25) is 0 Å². The highest BCUT2D eigenvalue weighted by Gasteiger charge is 2.39. The smallest absolute Gasteiger partial charge is 0.303 e. The van der Waals surface area contributed by atoms with Crippen molar-refractivity contribution in [3.8, 4) is 0 Å². The Morgan fingerprint density at radius 3 is 1.61 bits per heavy atom. The van der Waals surface area contributed by atoms with Crippen LogP contribution in [-0.4, -0.2) is 71.4 Å². The molecule has 0 aromatic heterocycles. The van der Waals surface area contributed by atoms with E-state index < -0.39 is 71.4 Å². The molecule has 0 aromatic carbocycles. The Balaban J connectivity index is 5.90. The Morgan fingerprint density at radius 1 is 0.774 bits per heavy atom. The maximum absolute atomic E-state index is 11.5. The molecule has 31 heavy (non-hydrogen) atoms.